The highest BCUT2D eigenvalue weighted by Crippen LogP contribution is 2.27. The second-order valence-corrected chi connectivity index (χ2v) is 4.61. The Morgan fingerprint density at radius 2 is 2.16 bits per heavy atom. The van der Waals surface area contributed by atoms with Crippen LogP contribution < -0.4 is 11.1 Å². The maximum atomic E-state index is 13.5. The first-order valence-corrected chi connectivity index (χ1v) is 6.23. The van der Waals surface area contributed by atoms with Gasteiger partial charge in [0.15, 0.2) is 0 Å². The van der Waals surface area contributed by atoms with E-state index in [1.807, 2.05) is 0 Å². The Morgan fingerprint density at radius 3 is 2.74 bits per heavy atom. The van der Waals surface area contributed by atoms with Gasteiger partial charge in [-0.05, 0) is 25.0 Å². The normalized spacial score (nSPS) is 13.9. The molecule has 1 saturated carbocycles. The molecule has 4 N–H and O–H groups in total. The van der Waals surface area contributed by atoms with E-state index in [2.05, 4.69) is 5.32 Å². The first kappa shape index (κ1) is 13.3. The average Bonchev–Trinajstić information content (AvgIpc) is 3.16. The van der Waals surface area contributed by atoms with Crippen molar-refractivity contribution in [3.63, 3.8) is 0 Å². The largest absolute Gasteiger partial charge is 0.388 e. The zero-order valence-electron chi connectivity index (χ0n) is 10.5. The molecule has 1 aliphatic rings. The summed E-state index contributed by atoms with van der Waals surface area (Å²) >= 11 is 0. The van der Waals surface area contributed by atoms with E-state index >= 15 is 0 Å². The summed E-state index contributed by atoms with van der Waals surface area (Å²) in [6.07, 6.45) is 2.23. The van der Waals surface area contributed by atoms with Crippen LogP contribution in [0.15, 0.2) is 24.3 Å². The number of amides is 2. The van der Waals surface area contributed by atoms with Crippen LogP contribution in [0, 0.1) is 11.2 Å². The number of urea groups is 1. The fraction of sp³-hybridized carbons (Fsp3) is 0.385. The minimum Gasteiger partial charge on any atom is -0.388 e. The van der Waals surface area contributed by atoms with Crippen molar-refractivity contribution in [3.8, 4) is 0 Å². The van der Waals surface area contributed by atoms with E-state index in [1.54, 1.807) is 17.0 Å². The number of hydrogen-bond donors (Lipinski definition) is 3. The van der Waals surface area contributed by atoms with Crippen molar-refractivity contribution in [1.29, 1.82) is 5.41 Å². The van der Waals surface area contributed by atoms with E-state index < -0.39 is 5.82 Å². The number of halogens is 1. The second kappa shape index (κ2) is 5.69. The van der Waals surface area contributed by atoms with Crippen LogP contribution in [-0.2, 0) is 0 Å². The predicted octanol–water partition coefficient (Wildman–Crippen LogP) is 2.15. The van der Waals surface area contributed by atoms with Crippen molar-refractivity contribution in [3.05, 3.63) is 30.1 Å². The highest BCUT2D eigenvalue weighted by atomic mass is 19.1. The van der Waals surface area contributed by atoms with Crippen molar-refractivity contribution in [1.82, 2.24) is 4.90 Å². The van der Waals surface area contributed by atoms with Gasteiger partial charge in [0.2, 0.25) is 0 Å². The molecule has 1 aliphatic carbocycles. The molecule has 1 aromatic rings. The van der Waals surface area contributed by atoms with Crippen LogP contribution in [0.2, 0.25) is 0 Å². The minimum atomic E-state index is -0.460. The molecule has 1 fully saturated rings. The van der Waals surface area contributed by atoms with Gasteiger partial charge < -0.3 is 16.0 Å². The summed E-state index contributed by atoms with van der Waals surface area (Å²) in [4.78, 5) is 13.7. The van der Waals surface area contributed by atoms with Crippen LogP contribution in [0.3, 0.4) is 0 Å². The molecule has 6 heteroatoms. The third-order valence-electron chi connectivity index (χ3n) is 2.99. The Labute approximate surface area is 111 Å². The fourth-order valence-corrected chi connectivity index (χ4v) is 1.83. The molecule has 102 valence electrons. The molecule has 2 amide bonds. The van der Waals surface area contributed by atoms with E-state index in [4.69, 9.17) is 11.1 Å². The lowest BCUT2D eigenvalue weighted by atomic mass is 10.3. The summed E-state index contributed by atoms with van der Waals surface area (Å²) in [5.74, 6) is -0.414. The van der Waals surface area contributed by atoms with E-state index in [-0.39, 0.29) is 23.6 Å². The van der Waals surface area contributed by atoms with Crippen LogP contribution >= 0.6 is 0 Å². The molecule has 2 rings (SSSR count). The SMILES string of the molecule is N=C(N)CCN(C(=O)Nc1ccccc1F)C1CC1. The molecule has 0 unspecified atom stereocenters. The summed E-state index contributed by atoms with van der Waals surface area (Å²) in [5.41, 5.74) is 5.47. The highest BCUT2D eigenvalue weighted by Gasteiger charge is 2.32. The van der Waals surface area contributed by atoms with Gasteiger partial charge in [-0.25, -0.2) is 9.18 Å². The first-order valence-electron chi connectivity index (χ1n) is 6.23. The summed E-state index contributed by atoms with van der Waals surface area (Å²) in [6.45, 7) is 0.389. The van der Waals surface area contributed by atoms with Crippen molar-refractivity contribution in [2.75, 3.05) is 11.9 Å². The first-order chi connectivity index (χ1) is 9.08. The number of nitrogens with one attached hydrogen (secondary N) is 2. The maximum absolute atomic E-state index is 13.5. The van der Waals surface area contributed by atoms with Crippen molar-refractivity contribution in [2.45, 2.75) is 25.3 Å². The molecular formula is C13H17FN4O. The summed E-state index contributed by atoms with van der Waals surface area (Å²) < 4.78 is 13.5. The third kappa shape index (κ3) is 3.67. The van der Waals surface area contributed by atoms with E-state index in [9.17, 15) is 9.18 Å². The number of amidine groups is 1. The van der Waals surface area contributed by atoms with Gasteiger partial charge in [-0.1, -0.05) is 12.1 Å². The molecular weight excluding hydrogens is 247 g/mol. The van der Waals surface area contributed by atoms with Gasteiger partial charge in [-0.2, -0.15) is 0 Å². The van der Waals surface area contributed by atoms with E-state index in [0.717, 1.165) is 12.8 Å². The quantitative estimate of drug-likeness (QED) is 0.562. The molecule has 19 heavy (non-hydrogen) atoms. The number of hydrogen-bond acceptors (Lipinski definition) is 2. The second-order valence-electron chi connectivity index (χ2n) is 4.61. The highest BCUT2D eigenvalue weighted by molar-refractivity contribution is 5.90. The van der Waals surface area contributed by atoms with Crippen molar-refractivity contribution >= 4 is 17.6 Å². The maximum Gasteiger partial charge on any atom is 0.322 e. The topological polar surface area (TPSA) is 82.2 Å². The summed E-state index contributed by atoms with van der Waals surface area (Å²) in [7, 11) is 0. The monoisotopic (exact) mass is 264 g/mol. The van der Waals surface area contributed by atoms with Gasteiger partial charge in [0.05, 0.1) is 11.5 Å². The molecule has 0 atom stereocenters. The molecule has 0 aromatic heterocycles. The van der Waals surface area contributed by atoms with E-state index in [0.29, 0.717) is 13.0 Å². The van der Waals surface area contributed by atoms with Gasteiger partial charge in [0.1, 0.15) is 5.82 Å². The lowest BCUT2D eigenvalue weighted by Gasteiger charge is -2.22. The predicted molar refractivity (Wildman–Crippen MR) is 71.7 cm³/mol. The zero-order valence-corrected chi connectivity index (χ0v) is 10.5. The van der Waals surface area contributed by atoms with E-state index in [1.165, 1.54) is 12.1 Å². The number of benzene rings is 1. The van der Waals surface area contributed by atoms with Gasteiger partial charge in [0.25, 0.3) is 0 Å². The third-order valence-corrected chi connectivity index (χ3v) is 2.99. The number of anilines is 1. The molecule has 0 heterocycles. The number of nitrogens with two attached hydrogens (primary N) is 1. The Balaban J connectivity index is 1.99. The molecule has 0 bridgehead atoms. The Bertz CT molecular complexity index is 487. The van der Waals surface area contributed by atoms with Crippen molar-refractivity contribution in [2.24, 2.45) is 5.73 Å². The number of rotatable bonds is 5. The lowest BCUT2D eigenvalue weighted by molar-refractivity contribution is 0.210. The molecule has 0 saturated heterocycles. The Kier molecular flexibility index (Phi) is 3.99. The molecule has 0 radical (unpaired) electrons. The Morgan fingerprint density at radius 1 is 1.47 bits per heavy atom. The van der Waals surface area contributed by atoms with Crippen LogP contribution in [0.25, 0.3) is 0 Å². The lowest BCUT2D eigenvalue weighted by Crippen LogP contribution is -2.39. The van der Waals surface area contributed by atoms with Gasteiger partial charge in [-0.15, -0.1) is 0 Å². The number of para-hydroxylation sites is 1. The molecule has 0 aliphatic heterocycles. The van der Waals surface area contributed by atoms with Crippen LogP contribution in [-0.4, -0.2) is 29.4 Å². The fourth-order valence-electron chi connectivity index (χ4n) is 1.83. The van der Waals surface area contributed by atoms with Gasteiger partial charge in [-0.3, -0.25) is 5.41 Å². The average molecular weight is 264 g/mol. The number of carbonyl (C=O) groups is 1. The Hall–Kier alpha value is -2.11. The summed E-state index contributed by atoms with van der Waals surface area (Å²) in [5, 5.41) is 9.76. The van der Waals surface area contributed by atoms with Crippen LogP contribution in [0.1, 0.15) is 19.3 Å². The van der Waals surface area contributed by atoms with Crippen LogP contribution in [0.4, 0.5) is 14.9 Å². The zero-order chi connectivity index (χ0) is 13.8. The number of nitrogens with zero attached hydrogens (tertiary/aromatic N) is 1. The smallest absolute Gasteiger partial charge is 0.322 e. The molecule has 1 aromatic carbocycles. The standard InChI is InChI=1S/C13H17FN4O/c14-10-3-1-2-4-11(10)17-13(19)18(9-5-6-9)8-7-12(15)16/h1-4,9H,5-8H2,(H3,15,16)(H,17,19). The van der Waals surface area contributed by atoms with Gasteiger partial charge in [0, 0.05) is 19.0 Å². The van der Waals surface area contributed by atoms with Gasteiger partial charge >= 0.3 is 6.03 Å². The summed E-state index contributed by atoms with van der Waals surface area (Å²) in [6, 6.07) is 5.89. The molecule has 0 spiro atoms. The van der Waals surface area contributed by atoms with Crippen LogP contribution in [0.5, 0.6) is 0 Å². The molecule has 5 nitrogen and oxygen atoms in total. The minimum absolute atomic E-state index is 0.0457. The number of carbonyl (C=O) groups excluding carboxylic acids is 1. The van der Waals surface area contributed by atoms with Crippen molar-refractivity contribution < 1.29 is 9.18 Å².